The lowest BCUT2D eigenvalue weighted by atomic mass is 10.0. The molecule has 1 amide bonds. The van der Waals surface area contributed by atoms with Crippen LogP contribution in [0, 0.1) is 0 Å². The van der Waals surface area contributed by atoms with Crippen molar-refractivity contribution in [2.75, 3.05) is 23.8 Å². The Kier molecular flexibility index (Phi) is 12.4. The Bertz CT molecular complexity index is 1670. The average molecular weight is 628 g/mol. The highest BCUT2D eigenvalue weighted by Crippen LogP contribution is 2.22. The molecule has 0 bridgehead atoms. The van der Waals surface area contributed by atoms with Crippen LogP contribution in [-0.2, 0) is 27.9 Å². The number of benzene rings is 2. The van der Waals surface area contributed by atoms with Gasteiger partial charge in [-0.1, -0.05) is 31.9 Å². The van der Waals surface area contributed by atoms with E-state index in [2.05, 4.69) is 27.5 Å². The molecule has 1 atom stereocenters. The second-order valence-electron chi connectivity index (χ2n) is 10.7. The molecule has 0 saturated heterocycles. The highest BCUT2D eigenvalue weighted by Gasteiger charge is 2.17. The SMILES string of the molecule is CCCCCC(N)OC(=O)/N=C/c1ccc(NCc2nc3cc(C(=O)c4cccnc4NCCC(=O)OCC)ccc3n2C)cc1. The number of ketones is 1. The van der Waals surface area contributed by atoms with E-state index in [1.165, 1.54) is 6.21 Å². The summed E-state index contributed by atoms with van der Waals surface area (Å²) >= 11 is 0. The number of ether oxygens (including phenoxy) is 2. The molecule has 242 valence electrons. The van der Waals surface area contributed by atoms with Gasteiger partial charge < -0.3 is 24.7 Å². The van der Waals surface area contributed by atoms with E-state index in [4.69, 9.17) is 20.2 Å². The number of unbranched alkanes of at least 4 members (excludes halogenated alkanes) is 2. The molecule has 2 aromatic heterocycles. The first-order valence-corrected chi connectivity index (χ1v) is 15.5. The number of aryl methyl sites for hydroxylation is 1. The number of pyridine rings is 1. The summed E-state index contributed by atoms with van der Waals surface area (Å²) in [6, 6.07) is 16.3. The van der Waals surface area contributed by atoms with Crippen LogP contribution < -0.4 is 16.4 Å². The Morgan fingerprint density at radius 1 is 1.07 bits per heavy atom. The Balaban J connectivity index is 1.36. The van der Waals surface area contributed by atoms with E-state index < -0.39 is 12.3 Å². The molecule has 0 aliphatic carbocycles. The van der Waals surface area contributed by atoms with E-state index in [1.807, 2.05) is 41.9 Å². The van der Waals surface area contributed by atoms with Gasteiger partial charge in [-0.15, -0.1) is 0 Å². The molecule has 0 fully saturated rings. The normalized spacial score (nSPS) is 11.8. The molecule has 4 N–H and O–H groups in total. The number of nitrogens with zero attached hydrogens (tertiary/aromatic N) is 4. The van der Waals surface area contributed by atoms with Gasteiger partial charge in [0.2, 0.25) is 0 Å². The number of anilines is 2. The third kappa shape index (κ3) is 9.45. The van der Waals surface area contributed by atoms with Crippen LogP contribution in [0.25, 0.3) is 11.0 Å². The van der Waals surface area contributed by atoms with Gasteiger partial charge in [0.1, 0.15) is 11.6 Å². The van der Waals surface area contributed by atoms with Gasteiger partial charge in [0.05, 0.1) is 36.2 Å². The lowest BCUT2D eigenvalue weighted by Crippen LogP contribution is -2.25. The monoisotopic (exact) mass is 627 g/mol. The van der Waals surface area contributed by atoms with Crippen molar-refractivity contribution in [1.29, 1.82) is 0 Å². The van der Waals surface area contributed by atoms with E-state index in [0.29, 0.717) is 48.6 Å². The molecule has 0 aliphatic rings. The summed E-state index contributed by atoms with van der Waals surface area (Å²) < 4.78 is 12.1. The van der Waals surface area contributed by atoms with Crippen LogP contribution in [0.15, 0.2) is 65.8 Å². The Labute approximate surface area is 268 Å². The molecule has 4 aromatic rings. The van der Waals surface area contributed by atoms with Gasteiger partial charge in [0.25, 0.3) is 0 Å². The summed E-state index contributed by atoms with van der Waals surface area (Å²) in [6.45, 7) is 4.92. The van der Waals surface area contributed by atoms with E-state index in [1.54, 1.807) is 37.4 Å². The molecule has 4 rings (SSSR count). The van der Waals surface area contributed by atoms with Gasteiger partial charge in [-0.05, 0) is 67.8 Å². The van der Waals surface area contributed by atoms with Crippen LogP contribution in [0.4, 0.5) is 16.3 Å². The Morgan fingerprint density at radius 3 is 2.63 bits per heavy atom. The molecule has 0 aliphatic heterocycles. The molecule has 0 radical (unpaired) electrons. The zero-order valence-electron chi connectivity index (χ0n) is 26.5. The number of nitrogens with two attached hydrogens (primary N) is 1. The number of rotatable bonds is 16. The van der Waals surface area contributed by atoms with Crippen molar-refractivity contribution in [2.24, 2.45) is 17.8 Å². The number of esters is 1. The van der Waals surface area contributed by atoms with Crippen molar-refractivity contribution < 1.29 is 23.9 Å². The van der Waals surface area contributed by atoms with Gasteiger partial charge in [-0.25, -0.2) is 14.8 Å². The first-order valence-electron chi connectivity index (χ1n) is 15.5. The van der Waals surface area contributed by atoms with Crippen LogP contribution in [0.5, 0.6) is 0 Å². The van der Waals surface area contributed by atoms with Crippen LogP contribution in [0.1, 0.15) is 73.3 Å². The maximum absolute atomic E-state index is 13.5. The van der Waals surface area contributed by atoms with Gasteiger partial charge in [-0.2, -0.15) is 4.99 Å². The zero-order valence-corrected chi connectivity index (χ0v) is 26.5. The number of hydrogen-bond donors (Lipinski definition) is 3. The molecule has 1 unspecified atom stereocenters. The molecule has 12 nitrogen and oxygen atoms in total. The molecule has 2 aromatic carbocycles. The quantitative estimate of drug-likeness (QED) is 0.0469. The third-order valence-electron chi connectivity index (χ3n) is 7.24. The lowest BCUT2D eigenvalue weighted by Gasteiger charge is -2.10. The van der Waals surface area contributed by atoms with Crippen LogP contribution >= 0.6 is 0 Å². The number of imidazole rings is 1. The maximum atomic E-state index is 13.5. The summed E-state index contributed by atoms with van der Waals surface area (Å²) in [7, 11) is 1.93. The first kappa shape index (κ1) is 33.8. The number of carbonyl (C=O) groups excluding carboxylic acids is 3. The topological polar surface area (TPSA) is 163 Å². The van der Waals surface area contributed by atoms with E-state index in [0.717, 1.165) is 41.9 Å². The fourth-order valence-corrected chi connectivity index (χ4v) is 4.76. The predicted molar refractivity (Wildman–Crippen MR) is 178 cm³/mol. The fraction of sp³-hybridized carbons (Fsp3) is 0.353. The van der Waals surface area contributed by atoms with Crippen molar-refractivity contribution >= 4 is 46.6 Å². The van der Waals surface area contributed by atoms with Crippen molar-refractivity contribution in [2.45, 2.75) is 58.7 Å². The number of aromatic nitrogens is 3. The minimum atomic E-state index is -0.707. The van der Waals surface area contributed by atoms with Crippen molar-refractivity contribution in [3.05, 3.63) is 83.3 Å². The number of hydrogen-bond acceptors (Lipinski definition) is 10. The lowest BCUT2D eigenvalue weighted by molar-refractivity contribution is -0.142. The summed E-state index contributed by atoms with van der Waals surface area (Å²) in [6.07, 6.45) is 5.49. The van der Waals surface area contributed by atoms with E-state index in [-0.39, 0.29) is 18.2 Å². The number of aliphatic imine (C=N–C) groups is 1. The fourth-order valence-electron chi connectivity index (χ4n) is 4.76. The molecule has 0 saturated carbocycles. The third-order valence-corrected chi connectivity index (χ3v) is 7.24. The Morgan fingerprint density at radius 2 is 1.87 bits per heavy atom. The zero-order chi connectivity index (χ0) is 32.9. The maximum Gasteiger partial charge on any atom is 0.435 e. The van der Waals surface area contributed by atoms with Gasteiger partial charge in [0.15, 0.2) is 12.0 Å². The number of nitrogens with one attached hydrogen (secondary N) is 2. The van der Waals surface area contributed by atoms with Gasteiger partial charge in [0, 0.05) is 37.3 Å². The highest BCUT2D eigenvalue weighted by atomic mass is 16.6. The summed E-state index contributed by atoms with van der Waals surface area (Å²) in [4.78, 5) is 50.0. The summed E-state index contributed by atoms with van der Waals surface area (Å²) in [5.74, 6) is 0.670. The second-order valence-corrected chi connectivity index (χ2v) is 10.7. The molecular formula is C34H41N7O5. The summed E-state index contributed by atoms with van der Waals surface area (Å²) in [5.41, 5.74) is 9.90. The summed E-state index contributed by atoms with van der Waals surface area (Å²) in [5, 5.41) is 6.43. The standard InChI is InChI=1S/C34H41N7O5/c1-4-6-7-10-29(35)46-34(44)39-21-23-11-14-25(15-12-23)38-22-30-40-27-20-24(13-16-28(27)41(30)3)32(43)26-9-8-18-36-33(26)37-19-17-31(42)45-5-2/h8-9,11-16,18,20-21,29,38H,4-7,10,17,19,22,35H2,1-3H3,(H,36,37)/b39-21+. The highest BCUT2D eigenvalue weighted by molar-refractivity contribution is 6.13. The first-order chi connectivity index (χ1) is 22.3. The minimum Gasteiger partial charge on any atom is -0.466 e. The van der Waals surface area contributed by atoms with Crippen molar-refractivity contribution in [3.63, 3.8) is 0 Å². The number of amides is 1. The smallest absolute Gasteiger partial charge is 0.435 e. The second kappa shape index (κ2) is 16.8. The molecule has 12 heteroatoms. The van der Waals surface area contributed by atoms with Crippen molar-refractivity contribution in [3.8, 4) is 0 Å². The minimum absolute atomic E-state index is 0.165. The Hall–Kier alpha value is -5.10. The van der Waals surface area contributed by atoms with E-state index >= 15 is 0 Å². The molecule has 2 heterocycles. The van der Waals surface area contributed by atoms with Gasteiger partial charge in [-0.3, -0.25) is 15.3 Å². The van der Waals surface area contributed by atoms with Crippen LogP contribution in [-0.4, -0.2) is 58.0 Å². The van der Waals surface area contributed by atoms with Crippen molar-refractivity contribution in [1.82, 2.24) is 14.5 Å². The number of fused-ring (bicyclic) bond motifs is 1. The average Bonchev–Trinajstić information content (AvgIpc) is 3.37. The predicted octanol–water partition coefficient (Wildman–Crippen LogP) is 5.60. The molecular weight excluding hydrogens is 586 g/mol. The molecule has 0 spiro atoms. The largest absolute Gasteiger partial charge is 0.466 e. The molecule has 46 heavy (non-hydrogen) atoms. The van der Waals surface area contributed by atoms with E-state index in [9.17, 15) is 14.4 Å². The van der Waals surface area contributed by atoms with Gasteiger partial charge >= 0.3 is 12.1 Å². The van der Waals surface area contributed by atoms with Crippen LogP contribution in [0.2, 0.25) is 0 Å². The van der Waals surface area contributed by atoms with Crippen LogP contribution in [0.3, 0.4) is 0 Å². The number of carbonyl (C=O) groups is 3.